The Bertz CT molecular complexity index is 616. The molecule has 0 aliphatic rings. The van der Waals surface area contributed by atoms with Crippen LogP contribution >= 0.6 is 23.6 Å². The Morgan fingerprint density at radius 2 is 1.94 bits per heavy atom. The molecule has 0 saturated heterocycles. The first-order chi connectivity index (χ1) is 7.99. The van der Waals surface area contributed by atoms with Crippen molar-refractivity contribution in [3.05, 3.63) is 32.6 Å². The number of benzene rings is 1. The Morgan fingerprint density at radius 1 is 1.24 bits per heavy atom. The molecule has 3 N–H and O–H groups in total. The van der Waals surface area contributed by atoms with Crippen molar-refractivity contribution in [3.63, 3.8) is 0 Å². The van der Waals surface area contributed by atoms with Crippen LogP contribution in [0.15, 0.2) is 18.2 Å². The fourth-order valence-electron chi connectivity index (χ4n) is 1.47. The number of phenolic OH excluding ortho intramolecular Hbond substituents is 2. The van der Waals surface area contributed by atoms with Crippen molar-refractivity contribution in [2.24, 2.45) is 7.05 Å². The van der Waals surface area contributed by atoms with E-state index in [0.29, 0.717) is 10.4 Å². The van der Waals surface area contributed by atoms with Gasteiger partial charge in [0, 0.05) is 13.5 Å². The second kappa shape index (κ2) is 4.38. The van der Waals surface area contributed by atoms with E-state index in [9.17, 15) is 15.3 Å². The zero-order valence-corrected chi connectivity index (χ0v) is 10.7. The van der Waals surface area contributed by atoms with Crippen molar-refractivity contribution in [1.82, 2.24) is 4.57 Å². The van der Waals surface area contributed by atoms with Crippen LogP contribution in [0.5, 0.6) is 17.4 Å². The number of hydrogen-bond donors (Lipinski definition) is 3. The van der Waals surface area contributed by atoms with Crippen LogP contribution in [-0.4, -0.2) is 19.9 Å². The third-order valence-electron chi connectivity index (χ3n) is 2.46. The monoisotopic (exact) mass is 269 g/mol. The molecule has 1 aromatic carbocycles. The summed E-state index contributed by atoms with van der Waals surface area (Å²) in [6.45, 7) is 0. The molecule has 0 bridgehead atoms. The van der Waals surface area contributed by atoms with Gasteiger partial charge >= 0.3 is 0 Å². The standard InChI is InChI=1S/C11H11NO3S2/c1-12-10(15)9(17-11(12)16)5-6-2-3-7(13)8(14)4-6/h2-4,13-15H,5H2,1H3. The summed E-state index contributed by atoms with van der Waals surface area (Å²) in [4.78, 5) is 0.739. The highest BCUT2D eigenvalue weighted by Crippen LogP contribution is 2.30. The topological polar surface area (TPSA) is 65.6 Å². The molecule has 17 heavy (non-hydrogen) atoms. The summed E-state index contributed by atoms with van der Waals surface area (Å²) in [6.07, 6.45) is 0.467. The predicted molar refractivity (Wildman–Crippen MR) is 68.4 cm³/mol. The summed E-state index contributed by atoms with van der Waals surface area (Å²) < 4.78 is 2.13. The van der Waals surface area contributed by atoms with Crippen LogP contribution in [0, 0.1) is 3.95 Å². The van der Waals surface area contributed by atoms with Crippen LogP contribution in [0.1, 0.15) is 10.4 Å². The quantitative estimate of drug-likeness (QED) is 0.579. The van der Waals surface area contributed by atoms with E-state index in [0.717, 1.165) is 10.4 Å². The van der Waals surface area contributed by atoms with E-state index in [1.54, 1.807) is 13.1 Å². The third kappa shape index (κ3) is 2.27. The summed E-state index contributed by atoms with van der Waals surface area (Å²) in [5.41, 5.74) is 0.799. The number of phenols is 2. The van der Waals surface area contributed by atoms with Crippen LogP contribution in [0.2, 0.25) is 0 Å². The van der Waals surface area contributed by atoms with Gasteiger partial charge in [-0.1, -0.05) is 6.07 Å². The summed E-state index contributed by atoms with van der Waals surface area (Å²) in [7, 11) is 1.70. The fourth-order valence-corrected chi connectivity index (χ4v) is 2.76. The van der Waals surface area contributed by atoms with Crippen molar-refractivity contribution < 1.29 is 15.3 Å². The molecule has 4 nitrogen and oxygen atoms in total. The minimum atomic E-state index is -0.165. The van der Waals surface area contributed by atoms with Gasteiger partial charge in [-0.2, -0.15) is 0 Å². The predicted octanol–water partition coefficient (Wildman–Crippen LogP) is 2.52. The van der Waals surface area contributed by atoms with Crippen molar-refractivity contribution in [1.29, 1.82) is 0 Å². The lowest BCUT2D eigenvalue weighted by Crippen LogP contribution is -1.89. The average molecular weight is 269 g/mol. The first-order valence-corrected chi connectivity index (χ1v) is 6.10. The molecule has 0 aliphatic carbocycles. The molecule has 90 valence electrons. The largest absolute Gasteiger partial charge is 0.504 e. The van der Waals surface area contributed by atoms with Gasteiger partial charge in [0.05, 0.1) is 4.88 Å². The number of aromatic hydroxyl groups is 3. The molecule has 0 unspecified atom stereocenters. The number of thiazole rings is 1. The van der Waals surface area contributed by atoms with Gasteiger partial charge in [-0.05, 0) is 29.9 Å². The SMILES string of the molecule is Cn1c(O)c(Cc2ccc(O)c(O)c2)sc1=S. The van der Waals surface area contributed by atoms with E-state index in [1.165, 1.54) is 28.0 Å². The highest BCUT2D eigenvalue weighted by Gasteiger charge is 2.10. The maximum absolute atomic E-state index is 9.80. The summed E-state index contributed by atoms with van der Waals surface area (Å²) in [5.74, 6) is -0.173. The van der Waals surface area contributed by atoms with Crippen molar-refractivity contribution in [3.8, 4) is 17.4 Å². The number of rotatable bonds is 2. The molecule has 0 saturated carbocycles. The number of aromatic nitrogens is 1. The summed E-state index contributed by atoms with van der Waals surface area (Å²) in [6, 6.07) is 4.58. The zero-order valence-electron chi connectivity index (χ0n) is 9.04. The van der Waals surface area contributed by atoms with E-state index in [1.807, 2.05) is 0 Å². The van der Waals surface area contributed by atoms with Gasteiger partial charge in [0.1, 0.15) is 0 Å². The van der Waals surface area contributed by atoms with Gasteiger partial charge in [0.2, 0.25) is 5.88 Å². The Kier molecular flexibility index (Phi) is 3.08. The van der Waals surface area contributed by atoms with Crippen molar-refractivity contribution in [2.45, 2.75) is 6.42 Å². The van der Waals surface area contributed by atoms with E-state index in [-0.39, 0.29) is 17.4 Å². The molecule has 0 fully saturated rings. The number of nitrogens with zero attached hydrogens (tertiary/aromatic N) is 1. The Labute approximate surface area is 107 Å². The van der Waals surface area contributed by atoms with Gasteiger partial charge in [0.15, 0.2) is 15.5 Å². The lowest BCUT2D eigenvalue weighted by atomic mass is 10.1. The molecule has 6 heteroatoms. The highest BCUT2D eigenvalue weighted by molar-refractivity contribution is 7.73. The van der Waals surface area contributed by atoms with Gasteiger partial charge in [-0.3, -0.25) is 4.57 Å². The molecule has 0 aliphatic heterocycles. The molecule has 0 amide bonds. The highest BCUT2D eigenvalue weighted by atomic mass is 32.1. The lowest BCUT2D eigenvalue weighted by Gasteiger charge is -2.02. The molecule has 2 aromatic rings. The molecule has 0 atom stereocenters. The van der Waals surface area contributed by atoms with Crippen molar-refractivity contribution in [2.75, 3.05) is 0 Å². The van der Waals surface area contributed by atoms with Gasteiger partial charge in [-0.25, -0.2) is 0 Å². The van der Waals surface area contributed by atoms with Crippen LogP contribution < -0.4 is 0 Å². The molecule has 0 radical (unpaired) electrons. The first kappa shape index (κ1) is 11.9. The van der Waals surface area contributed by atoms with Crippen LogP contribution in [-0.2, 0) is 13.5 Å². The van der Waals surface area contributed by atoms with E-state index < -0.39 is 0 Å². The van der Waals surface area contributed by atoms with Gasteiger partial charge < -0.3 is 15.3 Å². The fraction of sp³-hybridized carbons (Fsp3) is 0.182. The normalized spacial score (nSPS) is 10.6. The summed E-state index contributed by atoms with van der Waals surface area (Å²) >= 11 is 6.39. The molecule has 0 spiro atoms. The van der Waals surface area contributed by atoms with E-state index >= 15 is 0 Å². The molecule has 1 heterocycles. The Hall–Kier alpha value is -1.53. The maximum Gasteiger partial charge on any atom is 0.206 e. The van der Waals surface area contributed by atoms with Crippen LogP contribution in [0.3, 0.4) is 0 Å². The second-order valence-electron chi connectivity index (χ2n) is 3.67. The van der Waals surface area contributed by atoms with Crippen LogP contribution in [0.25, 0.3) is 0 Å². The Balaban J connectivity index is 2.34. The average Bonchev–Trinajstić information content (AvgIpc) is 2.52. The van der Waals surface area contributed by atoms with E-state index in [4.69, 9.17) is 12.2 Å². The minimum absolute atomic E-state index is 0.146. The molecular formula is C11H11NO3S2. The molecular weight excluding hydrogens is 258 g/mol. The van der Waals surface area contributed by atoms with Gasteiger partial charge in [-0.15, -0.1) is 11.3 Å². The zero-order chi connectivity index (χ0) is 12.6. The van der Waals surface area contributed by atoms with E-state index in [2.05, 4.69) is 0 Å². The first-order valence-electron chi connectivity index (χ1n) is 4.87. The maximum atomic E-state index is 9.80. The molecule has 2 rings (SSSR count). The third-order valence-corrected chi connectivity index (χ3v) is 4.00. The lowest BCUT2D eigenvalue weighted by molar-refractivity contribution is 0.403. The smallest absolute Gasteiger partial charge is 0.206 e. The second-order valence-corrected chi connectivity index (χ2v) is 5.40. The molecule has 1 aromatic heterocycles. The van der Waals surface area contributed by atoms with Gasteiger partial charge in [0.25, 0.3) is 0 Å². The van der Waals surface area contributed by atoms with Crippen LogP contribution in [0.4, 0.5) is 0 Å². The summed E-state index contributed by atoms with van der Waals surface area (Å²) in [5, 5.41) is 28.4. The van der Waals surface area contributed by atoms with Crippen molar-refractivity contribution >= 4 is 23.6 Å². The minimum Gasteiger partial charge on any atom is -0.504 e. The Morgan fingerprint density at radius 3 is 2.47 bits per heavy atom. The number of hydrogen-bond acceptors (Lipinski definition) is 5.